The van der Waals surface area contributed by atoms with Gasteiger partial charge in [-0.15, -0.1) is 0 Å². The van der Waals surface area contributed by atoms with Crippen LogP contribution in [0.4, 0.5) is 16.2 Å². The number of hydrogen-bond donors (Lipinski definition) is 2. The molecule has 1 aromatic carbocycles. The summed E-state index contributed by atoms with van der Waals surface area (Å²) in [5.41, 5.74) is 5.52. The third-order valence-electron chi connectivity index (χ3n) is 3.68. The summed E-state index contributed by atoms with van der Waals surface area (Å²) in [6.45, 7) is 4.99. The van der Waals surface area contributed by atoms with E-state index in [1.807, 2.05) is 24.3 Å². The highest BCUT2D eigenvalue weighted by atomic mass is 16.5. The summed E-state index contributed by atoms with van der Waals surface area (Å²) in [6, 6.07) is 9.72. The van der Waals surface area contributed by atoms with Crippen molar-refractivity contribution < 1.29 is 9.53 Å². The van der Waals surface area contributed by atoms with Gasteiger partial charge in [-0.2, -0.15) is 0 Å². The van der Waals surface area contributed by atoms with Crippen molar-refractivity contribution in [2.24, 2.45) is 7.05 Å². The van der Waals surface area contributed by atoms with Gasteiger partial charge in [-0.3, -0.25) is 5.32 Å². The van der Waals surface area contributed by atoms with Crippen LogP contribution in [-0.2, 0) is 18.3 Å². The zero-order chi connectivity index (χ0) is 15.4. The van der Waals surface area contributed by atoms with Crippen molar-refractivity contribution in [1.29, 1.82) is 0 Å². The smallest absolute Gasteiger partial charge is 0.411 e. The van der Waals surface area contributed by atoms with Crippen LogP contribution in [0.2, 0.25) is 0 Å². The molecular weight excluding hydrogens is 266 g/mol. The lowest BCUT2D eigenvalue weighted by Gasteiger charge is -2.08. The molecule has 0 aliphatic carbocycles. The maximum atomic E-state index is 11.1. The standard InChI is InChI=1S/C16H21N3O2/c1-11-9-13(12(2)19(11)3)10-17-14-5-7-15(8-6-14)18-16(20)21-4/h5-9,17H,10H2,1-4H3,(H,18,20). The van der Waals surface area contributed by atoms with Crippen molar-refractivity contribution in [3.63, 3.8) is 0 Å². The van der Waals surface area contributed by atoms with E-state index in [0.717, 1.165) is 12.2 Å². The van der Waals surface area contributed by atoms with Gasteiger partial charge in [-0.05, 0) is 49.7 Å². The fraction of sp³-hybridized carbons (Fsp3) is 0.312. The summed E-state index contributed by atoms with van der Waals surface area (Å²) in [5.74, 6) is 0. The van der Waals surface area contributed by atoms with Crippen LogP contribution >= 0.6 is 0 Å². The minimum atomic E-state index is -0.467. The molecule has 0 fully saturated rings. The summed E-state index contributed by atoms with van der Waals surface area (Å²) >= 11 is 0. The number of carbonyl (C=O) groups excluding carboxylic acids is 1. The lowest BCUT2D eigenvalue weighted by atomic mass is 10.2. The fourth-order valence-electron chi connectivity index (χ4n) is 2.15. The lowest BCUT2D eigenvalue weighted by molar-refractivity contribution is 0.187. The molecule has 5 nitrogen and oxygen atoms in total. The van der Waals surface area contributed by atoms with E-state index < -0.39 is 6.09 Å². The van der Waals surface area contributed by atoms with Gasteiger partial charge in [0.05, 0.1) is 7.11 Å². The molecule has 2 rings (SSSR count). The number of nitrogens with one attached hydrogen (secondary N) is 2. The van der Waals surface area contributed by atoms with Crippen molar-refractivity contribution in [3.8, 4) is 0 Å². The summed E-state index contributed by atoms with van der Waals surface area (Å²) in [5, 5.41) is 6.00. The molecule has 0 saturated heterocycles. The number of amides is 1. The summed E-state index contributed by atoms with van der Waals surface area (Å²) in [4.78, 5) is 11.1. The van der Waals surface area contributed by atoms with Gasteiger partial charge in [0.25, 0.3) is 0 Å². The number of ether oxygens (including phenoxy) is 1. The molecule has 0 aliphatic rings. The first-order valence-corrected chi connectivity index (χ1v) is 6.82. The van der Waals surface area contributed by atoms with E-state index in [-0.39, 0.29) is 0 Å². The van der Waals surface area contributed by atoms with Crippen molar-refractivity contribution in [2.75, 3.05) is 17.7 Å². The number of hydrogen-bond acceptors (Lipinski definition) is 3. The fourth-order valence-corrected chi connectivity index (χ4v) is 2.15. The maximum absolute atomic E-state index is 11.1. The van der Waals surface area contributed by atoms with Crippen LogP contribution < -0.4 is 10.6 Å². The Bertz CT molecular complexity index is 630. The van der Waals surface area contributed by atoms with E-state index in [1.54, 1.807) is 0 Å². The molecule has 0 radical (unpaired) electrons. The van der Waals surface area contributed by atoms with Crippen LogP contribution in [0.25, 0.3) is 0 Å². The monoisotopic (exact) mass is 287 g/mol. The van der Waals surface area contributed by atoms with Crippen LogP contribution in [0.3, 0.4) is 0 Å². The molecule has 0 saturated carbocycles. The molecule has 0 aliphatic heterocycles. The number of aromatic nitrogens is 1. The zero-order valence-corrected chi connectivity index (χ0v) is 12.9. The van der Waals surface area contributed by atoms with Crippen molar-refractivity contribution in [2.45, 2.75) is 20.4 Å². The van der Waals surface area contributed by atoms with Gasteiger partial charge < -0.3 is 14.6 Å². The van der Waals surface area contributed by atoms with E-state index in [1.165, 1.54) is 24.1 Å². The summed E-state index contributed by atoms with van der Waals surface area (Å²) in [6.07, 6.45) is -0.467. The molecule has 112 valence electrons. The average Bonchev–Trinajstić information content (AvgIpc) is 2.73. The second-order valence-electron chi connectivity index (χ2n) is 5.00. The Balaban J connectivity index is 1.97. The molecule has 5 heteroatoms. The van der Waals surface area contributed by atoms with Crippen LogP contribution in [-0.4, -0.2) is 17.8 Å². The highest BCUT2D eigenvalue weighted by molar-refractivity contribution is 5.84. The summed E-state index contributed by atoms with van der Waals surface area (Å²) < 4.78 is 6.73. The molecule has 1 heterocycles. The van der Waals surface area contributed by atoms with Gasteiger partial charge in [0.15, 0.2) is 0 Å². The Hall–Kier alpha value is -2.43. The molecule has 0 unspecified atom stereocenters. The number of aryl methyl sites for hydroxylation is 1. The Morgan fingerprint density at radius 2 is 1.81 bits per heavy atom. The number of anilines is 2. The van der Waals surface area contributed by atoms with E-state index >= 15 is 0 Å². The first-order chi connectivity index (χ1) is 10.0. The number of carbonyl (C=O) groups is 1. The molecule has 0 spiro atoms. The SMILES string of the molecule is COC(=O)Nc1ccc(NCc2cc(C)n(C)c2C)cc1. The highest BCUT2D eigenvalue weighted by Crippen LogP contribution is 2.17. The van der Waals surface area contributed by atoms with Gasteiger partial charge in [0, 0.05) is 36.4 Å². The van der Waals surface area contributed by atoms with Crippen LogP contribution in [0, 0.1) is 13.8 Å². The molecule has 2 aromatic rings. The second-order valence-corrected chi connectivity index (χ2v) is 5.00. The number of methoxy groups -OCH3 is 1. The van der Waals surface area contributed by atoms with Gasteiger partial charge in [-0.25, -0.2) is 4.79 Å². The first-order valence-electron chi connectivity index (χ1n) is 6.82. The van der Waals surface area contributed by atoms with Gasteiger partial charge in [0.2, 0.25) is 0 Å². The zero-order valence-electron chi connectivity index (χ0n) is 12.9. The second kappa shape index (κ2) is 6.35. The Kier molecular flexibility index (Phi) is 4.52. The topological polar surface area (TPSA) is 55.3 Å². The van der Waals surface area contributed by atoms with Gasteiger partial charge >= 0.3 is 6.09 Å². The lowest BCUT2D eigenvalue weighted by Crippen LogP contribution is -2.10. The average molecular weight is 287 g/mol. The first kappa shape index (κ1) is 15.0. The van der Waals surface area contributed by atoms with E-state index in [0.29, 0.717) is 5.69 Å². The number of benzene rings is 1. The summed E-state index contributed by atoms with van der Waals surface area (Å²) in [7, 11) is 3.41. The third kappa shape index (κ3) is 3.56. The van der Waals surface area contributed by atoms with Gasteiger partial charge in [-0.1, -0.05) is 0 Å². The largest absolute Gasteiger partial charge is 0.453 e. The number of nitrogens with zero attached hydrogens (tertiary/aromatic N) is 1. The minimum absolute atomic E-state index is 0.467. The van der Waals surface area contributed by atoms with E-state index in [9.17, 15) is 4.79 Å². The van der Waals surface area contributed by atoms with Crippen LogP contribution in [0.15, 0.2) is 30.3 Å². The van der Waals surface area contributed by atoms with Gasteiger partial charge in [0.1, 0.15) is 0 Å². The van der Waals surface area contributed by atoms with Crippen LogP contribution in [0.1, 0.15) is 17.0 Å². The highest BCUT2D eigenvalue weighted by Gasteiger charge is 2.06. The predicted molar refractivity (Wildman–Crippen MR) is 84.7 cm³/mol. The molecule has 21 heavy (non-hydrogen) atoms. The number of rotatable bonds is 4. The molecular formula is C16H21N3O2. The Morgan fingerprint density at radius 1 is 1.19 bits per heavy atom. The third-order valence-corrected chi connectivity index (χ3v) is 3.68. The minimum Gasteiger partial charge on any atom is -0.453 e. The van der Waals surface area contributed by atoms with Crippen molar-refractivity contribution in [1.82, 2.24) is 4.57 Å². The van der Waals surface area contributed by atoms with Crippen molar-refractivity contribution in [3.05, 3.63) is 47.3 Å². The normalized spacial score (nSPS) is 10.3. The molecule has 0 bridgehead atoms. The molecule has 1 aromatic heterocycles. The van der Waals surface area contributed by atoms with Crippen molar-refractivity contribution >= 4 is 17.5 Å². The maximum Gasteiger partial charge on any atom is 0.411 e. The molecule has 2 N–H and O–H groups in total. The quantitative estimate of drug-likeness (QED) is 0.905. The van der Waals surface area contributed by atoms with E-state index in [4.69, 9.17) is 0 Å². The molecule has 1 amide bonds. The molecule has 0 atom stereocenters. The predicted octanol–water partition coefficient (Wildman–Crippen LogP) is 3.43. The Morgan fingerprint density at radius 3 is 2.33 bits per heavy atom. The Labute approximate surface area is 124 Å². The van der Waals surface area contributed by atoms with E-state index in [2.05, 4.69) is 46.9 Å². The van der Waals surface area contributed by atoms with Crippen LogP contribution in [0.5, 0.6) is 0 Å².